The van der Waals surface area contributed by atoms with Gasteiger partial charge in [-0.2, -0.15) is 0 Å². The molecule has 1 aromatic rings. The van der Waals surface area contributed by atoms with Crippen molar-refractivity contribution in [1.82, 2.24) is 0 Å². The number of hydrogen-bond acceptors (Lipinski definition) is 3. The molecule has 0 aliphatic rings. The van der Waals surface area contributed by atoms with Crippen LogP contribution in [0.15, 0.2) is 18.2 Å². The molecule has 0 amide bonds. The molecule has 0 saturated carbocycles. The summed E-state index contributed by atoms with van der Waals surface area (Å²) in [7, 11) is 2.99. The first-order chi connectivity index (χ1) is 7.56. The largest absolute Gasteiger partial charge is 0.497 e. The highest BCUT2D eigenvalue weighted by Gasteiger charge is 2.14. The average Bonchev–Trinajstić information content (AvgIpc) is 2.27. The fourth-order valence-electron chi connectivity index (χ4n) is 1.37. The lowest BCUT2D eigenvalue weighted by atomic mass is 10.0. The number of hydrogen-bond donors (Lipinski definition) is 1. The molecule has 1 aromatic carbocycles. The van der Waals surface area contributed by atoms with Crippen molar-refractivity contribution >= 4 is 0 Å². The maximum Gasteiger partial charge on any atom is 0.240 e. The van der Waals surface area contributed by atoms with E-state index in [1.165, 1.54) is 14.2 Å². The van der Waals surface area contributed by atoms with Gasteiger partial charge in [-0.25, -0.2) is 8.78 Å². The zero-order chi connectivity index (χ0) is 12.1. The van der Waals surface area contributed by atoms with Crippen molar-refractivity contribution in [3.63, 3.8) is 0 Å². The van der Waals surface area contributed by atoms with Crippen molar-refractivity contribution in [3.8, 4) is 11.5 Å². The zero-order valence-corrected chi connectivity index (χ0v) is 9.24. The summed E-state index contributed by atoms with van der Waals surface area (Å²) in [5, 5.41) is 0. The summed E-state index contributed by atoms with van der Waals surface area (Å²) in [5.74, 6) is 1.08. The Bertz CT molecular complexity index is 323. The Labute approximate surface area is 93.2 Å². The van der Waals surface area contributed by atoms with E-state index < -0.39 is 12.5 Å². The number of halogens is 2. The first kappa shape index (κ1) is 12.7. The highest BCUT2D eigenvalue weighted by Crippen LogP contribution is 2.27. The molecule has 0 radical (unpaired) electrons. The van der Waals surface area contributed by atoms with Crippen LogP contribution in [-0.2, 0) is 0 Å². The van der Waals surface area contributed by atoms with Crippen LogP contribution in [0.1, 0.15) is 18.0 Å². The number of ether oxygens (including phenoxy) is 2. The third-order valence-corrected chi connectivity index (χ3v) is 2.23. The molecule has 0 fully saturated rings. The molecule has 5 heteroatoms. The normalized spacial score (nSPS) is 12.6. The van der Waals surface area contributed by atoms with E-state index >= 15 is 0 Å². The Morgan fingerprint density at radius 1 is 1.12 bits per heavy atom. The van der Waals surface area contributed by atoms with E-state index in [2.05, 4.69) is 0 Å². The third kappa shape index (κ3) is 3.34. The Hall–Kier alpha value is -1.36. The molecule has 16 heavy (non-hydrogen) atoms. The topological polar surface area (TPSA) is 44.5 Å². The quantitative estimate of drug-likeness (QED) is 0.846. The molecule has 0 bridgehead atoms. The second kappa shape index (κ2) is 5.65. The molecule has 0 heterocycles. The van der Waals surface area contributed by atoms with Crippen LogP contribution in [0.25, 0.3) is 0 Å². The fourth-order valence-corrected chi connectivity index (χ4v) is 1.37. The van der Waals surface area contributed by atoms with Crippen LogP contribution in [0.4, 0.5) is 8.78 Å². The predicted octanol–water partition coefficient (Wildman–Crippen LogP) is 2.36. The van der Waals surface area contributed by atoms with Crippen molar-refractivity contribution in [3.05, 3.63) is 23.8 Å². The van der Waals surface area contributed by atoms with Crippen LogP contribution in [0.5, 0.6) is 11.5 Å². The first-order valence-electron chi connectivity index (χ1n) is 4.83. The van der Waals surface area contributed by atoms with Gasteiger partial charge >= 0.3 is 0 Å². The van der Waals surface area contributed by atoms with Gasteiger partial charge in [0.25, 0.3) is 0 Å². The van der Waals surface area contributed by atoms with Crippen LogP contribution < -0.4 is 15.2 Å². The summed E-state index contributed by atoms with van der Waals surface area (Å²) in [4.78, 5) is 0. The van der Waals surface area contributed by atoms with Gasteiger partial charge in [-0.15, -0.1) is 0 Å². The second-order valence-electron chi connectivity index (χ2n) is 3.38. The Balaban J connectivity index is 2.93. The van der Waals surface area contributed by atoms with Gasteiger partial charge in [0.1, 0.15) is 11.5 Å². The number of benzene rings is 1. The van der Waals surface area contributed by atoms with Crippen LogP contribution in [0, 0.1) is 0 Å². The van der Waals surface area contributed by atoms with Gasteiger partial charge in [-0.3, -0.25) is 0 Å². The zero-order valence-electron chi connectivity index (χ0n) is 9.24. The highest BCUT2D eigenvalue weighted by atomic mass is 19.3. The van der Waals surface area contributed by atoms with E-state index in [4.69, 9.17) is 15.2 Å². The lowest BCUT2D eigenvalue weighted by Gasteiger charge is -2.14. The Morgan fingerprint density at radius 3 is 2.00 bits per heavy atom. The first-order valence-corrected chi connectivity index (χ1v) is 4.83. The van der Waals surface area contributed by atoms with Gasteiger partial charge in [0.05, 0.1) is 14.2 Å². The van der Waals surface area contributed by atoms with E-state index in [1.54, 1.807) is 18.2 Å². The van der Waals surface area contributed by atoms with E-state index in [1.807, 2.05) is 0 Å². The summed E-state index contributed by atoms with van der Waals surface area (Å²) in [6.07, 6.45) is -2.80. The average molecular weight is 231 g/mol. The maximum absolute atomic E-state index is 12.2. The second-order valence-corrected chi connectivity index (χ2v) is 3.38. The van der Waals surface area contributed by atoms with Gasteiger partial charge in [-0.1, -0.05) is 0 Å². The summed E-state index contributed by atoms with van der Waals surface area (Å²) in [6.45, 7) is 0. The highest BCUT2D eigenvalue weighted by molar-refractivity contribution is 5.39. The molecular weight excluding hydrogens is 216 g/mol. The van der Waals surface area contributed by atoms with Crippen molar-refractivity contribution in [2.24, 2.45) is 5.73 Å². The molecule has 1 rings (SSSR count). The van der Waals surface area contributed by atoms with Crippen LogP contribution in [0.2, 0.25) is 0 Å². The molecule has 3 nitrogen and oxygen atoms in total. The molecule has 0 aromatic heterocycles. The monoisotopic (exact) mass is 231 g/mol. The minimum absolute atomic E-state index is 0.379. The number of methoxy groups -OCH3 is 2. The molecule has 0 spiro atoms. The van der Waals surface area contributed by atoms with Gasteiger partial charge in [0.15, 0.2) is 0 Å². The van der Waals surface area contributed by atoms with Crippen molar-refractivity contribution in [1.29, 1.82) is 0 Å². The Kier molecular flexibility index (Phi) is 4.49. The van der Waals surface area contributed by atoms with Crippen LogP contribution in [-0.4, -0.2) is 20.6 Å². The van der Waals surface area contributed by atoms with E-state index in [0.29, 0.717) is 17.1 Å². The van der Waals surface area contributed by atoms with Crippen molar-refractivity contribution < 1.29 is 18.3 Å². The lowest BCUT2D eigenvalue weighted by Crippen LogP contribution is -2.14. The molecular formula is C11H15F2NO2. The van der Waals surface area contributed by atoms with E-state index in [9.17, 15) is 8.78 Å². The standard InChI is InChI=1S/C11H15F2NO2/c1-15-8-3-7(4-9(5-8)16-2)10(14)6-11(12)13/h3-5,10-11H,6,14H2,1-2H3/t10-/m0/s1. The fraction of sp³-hybridized carbons (Fsp3) is 0.455. The van der Waals surface area contributed by atoms with E-state index in [0.717, 1.165) is 0 Å². The number of alkyl halides is 2. The van der Waals surface area contributed by atoms with E-state index in [-0.39, 0.29) is 6.42 Å². The summed E-state index contributed by atoms with van der Waals surface area (Å²) in [5.41, 5.74) is 6.23. The minimum Gasteiger partial charge on any atom is -0.497 e. The third-order valence-electron chi connectivity index (χ3n) is 2.23. The predicted molar refractivity (Wildman–Crippen MR) is 57.1 cm³/mol. The number of rotatable bonds is 5. The SMILES string of the molecule is COc1cc(OC)cc([C@@H](N)CC(F)F)c1. The van der Waals surface area contributed by atoms with Gasteiger partial charge in [-0.05, 0) is 17.7 Å². The minimum atomic E-state index is -2.42. The van der Waals surface area contributed by atoms with Crippen molar-refractivity contribution in [2.75, 3.05) is 14.2 Å². The molecule has 0 aliphatic carbocycles. The van der Waals surface area contributed by atoms with Gasteiger partial charge < -0.3 is 15.2 Å². The Morgan fingerprint density at radius 2 is 1.62 bits per heavy atom. The van der Waals surface area contributed by atoms with Crippen molar-refractivity contribution in [2.45, 2.75) is 18.9 Å². The van der Waals surface area contributed by atoms with Gasteiger partial charge in [0.2, 0.25) is 6.43 Å². The van der Waals surface area contributed by atoms with Crippen LogP contribution in [0.3, 0.4) is 0 Å². The molecule has 1 atom stereocenters. The van der Waals surface area contributed by atoms with Gasteiger partial charge in [0, 0.05) is 18.5 Å². The summed E-state index contributed by atoms with van der Waals surface area (Å²) >= 11 is 0. The maximum atomic E-state index is 12.2. The smallest absolute Gasteiger partial charge is 0.240 e. The van der Waals surface area contributed by atoms with Crippen LogP contribution >= 0.6 is 0 Å². The molecule has 2 N–H and O–H groups in total. The lowest BCUT2D eigenvalue weighted by molar-refractivity contribution is 0.128. The summed E-state index contributed by atoms with van der Waals surface area (Å²) in [6, 6.07) is 4.22. The number of nitrogens with two attached hydrogens (primary N) is 1. The molecule has 0 aliphatic heterocycles. The molecule has 0 saturated heterocycles. The summed E-state index contributed by atoms with van der Waals surface area (Å²) < 4.78 is 34.4. The molecule has 90 valence electrons. The molecule has 0 unspecified atom stereocenters.